The van der Waals surface area contributed by atoms with E-state index in [2.05, 4.69) is 52.0 Å². The molecule has 1 amide bonds. The molecule has 3 saturated heterocycles. The van der Waals surface area contributed by atoms with Gasteiger partial charge in [-0.25, -0.2) is 0 Å². The van der Waals surface area contributed by atoms with Crippen LogP contribution in [0.4, 0.5) is 0 Å². The first-order valence-corrected chi connectivity index (χ1v) is 16.0. The van der Waals surface area contributed by atoms with E-state index in [1.165, 1.54) is 69.4 Å². The van der Waals surface area contributed by atoms with Crippen LogP contribution in [0.1, 0.15) is 81.9 Å². The second-order valence-electron chi connectivity index (χ2n) is 13.0. The topological polar surface area (TPSA) is 36.0 Å². The highest BCUT2D eigenvalue weighted by Gasteiger charge is 2.39. The summed E-state index contributed by atoms with van der Waals surface area (Å²) >= 11 is 0. The highest BCUT2D eigenvalue weighted by molar-refractivity contribution is 5.79. The maximum atomic E-state index is 13.6. The number of nitrogens with zero attached hydrogens (tertiary/aromatic N) is 3. The molecule has 0 aromatic heterocycles. The Bertz CT molecular complexity index is 1090. The second-order valence-corrected chi connectivity index (χ2v) is 13.0. The van der Waals surface area contributed by atoms with Crippen molar-refractivity contribution in [1.29, 1.82) is 0 Å². The van der Waals surface area contributed by atoms with E-state index in [0.717, 1.165) is 56.3 Å². The lowest BCUT2D eigenvalue weighted by molar-refractivity contribution is -0.132. The van der Waals surface area contributed by atoms with Gasteiger partial charge in [0.05, 0.1) is 12.5 Å². The monoisotopic (exact) mass is 545 g/mol. The molecule has 0 unspecified atom stereocenters. The number of rotatable bonds is 9. The predicted octanol–water partition coefficient (Wildman–Crippen LogP) is 6.23. The first kappa shape index (κ1) is 29.1. The Hall–Kier alpha value is -2.37. The first-order chi connectivity index (χ1) is 19.4. The summed E-state index contributed by atoms with van der Waals surface area (Å²) in [6, 6.07) is 18.0. The molecule has 0 bridgehead atoms. The third-order valence-corrected chi connectivity index (χ3v) is 9.59. The maximum absolute atomic E-state index is 13.6. The predicted molar refractivity (Wildman–Crippen MR) is 164 cm³/mol. The summed E-state index contributed by atoms with van der Waals surface area (Å²) in [7, 11) is 0. The molecule has 5 heteroatoms. The minimum atomic E-state index is 0.0218. The normalized spacial score (nSPS) is 23.4. The molecule has 218 valence electrons. The van der Waals surface area contributed by atoms with Gasteiger partial charge >= 0.3 is 0 Å². The zero-order valence-corrected chi connectivity index (χ0v) is 25.2. The Kier molecular flexibility index (Phi) is 9.85. The number of hydrogen-bond donors (Lipinski definition) is 0. The fraction of sp³-hybridized carbons (Fsp3) is 0.629. The van der Waals surface area contributed by atoms with Crippen LogP contribution in [0.15, 0.2) is 48.5 Å². The molecule has 3 aliphatic heterocycles. The molecule has 40 heavy (non-hydrogen) atoms. The number of ether oxygens (including phenoxy) is 1. The van der Waals surface area contributed by atoms with E-state index in [1.807, 2.05) is 32.0 Å². The van der Waals surface area contributed by atoms with Crippen LogP contribution in [0.25, 0.3) is 0 Å². The van der Waals surface area contributed by atoms with Gasteiger partial charge in [-0.05, 0) is 122 Å². The molecule has 3 aliphatic rings. The van der Waals surface area contributed by atoms with E-state index in [1.54, 1.807) is 0 Å². The Balaban J connectivity index is 1.24. The molecule has 5 rings (SSSR count). The smallest absolute Gasteiger partial charge is 0.227 e. The van der Waals surface area contributed by atoms with Crippen LogP contribution in [0.5, 0.6) is 5.75 Å². The average molecular weight is 546 g/mol. The molecule has 0 N–H and O–H groups in total. The summed E-state index contributed by atoms with van der Waals surface area (Å²) in [6.07, 6.45) is 10.7. The van der Waals surface area contributed by atoms with Crippen molar-refractivity contribution in [3.63, 3.8) is 0 Å². The first-order valence-electron chi connectivity index (χ1n) is 16.0. The van der Waals surface area contributed by atoms with Gasteiger partial charge in [-0.1, -0.05) is 48.4 Å². The van der Waals surface area contributed by atoms with Crippen molar-refractivity contribution < 1.29 is 9.53 Å². The van der Waals surface area contributed by atoms with Crippen molar-refractivity contribution in [2.45, 2.75) is 96.1 Å². The number of benzene rings is 2. The molecular formula is C35H51N3O2. The van der Waals surface area contributed by atoms with Crippen LogP contribution < -0.4 is 4.74 Å². The van der Waals surface area contributed by atoms with Crippen LogP contribution in [0.2, 0.25) is 0 Å². The Morgan fingerprint density at radius 2 is 1.70 bits per heavy atom. The number of amides is 1. The molecule has 0 aliphatic carbocycles. The maximum Gasteiger partial charge on any atom is 0.227 e. The van der Waals surface area contributed by atoms with Gasteiger partial charge in [0.25, 0.3) is 0 Å². The van der Waals surface area contributed by atoms with Crippen molar-refractivity contribution in [3.8, 4) is 5.75 Å². The zero-order chi connectivity index (χ0) is 28.0. The van der Waals surface area contributed by atoms with Crippen molar-refractivity contribution in [2.24, 2.45) is 0 Å². The molecule has 0 radical (unpaired) electrons. The summed E-state index contributed by atoms with van der Waals surface area (Å²) in [4.78, 5) is 21.3. The van der Waals surface area contributed by atoms with Gasteiger partial charge in [-0.2, -0.15) is 0 Å². The van der Waals surface area contributed by atoms with Gasteiger partial charge in [-0.3, -0.25) is 4.79 Å². The Labute approximate surface area is 242 Å². The number of carbonyl (C=O) groups excluding carboxylic acids is 1. The minimum Gasteiger partial charge on any atom is -0.491 e. The molecule has 2 aromatic rings. The largest absolute Gasteiger partial charge is 0.491 e. The zero-order valence-electron chi connectivity index (χ0n) is 25.2. The third-order valence-electron chi connectivity index (χ3n) is 9.59. The second kappa shape index (κ2) is 13.5. The van der Waals surface area contributed by atoms with Gasteiger partial charge in [0.2, 0.25) is 5.91 Å². The van der Waals surface area contributed by atoms with Gasteiger partial charge in [0.1, 0.15) is 5.75 Å². The Morgan fingerprint density at radius 1 is 0.950 bits per heavy atom. The summed E-state index contributed by atoms with van der Waals surface area (Å²) in [5, 5.41) is 0. The van der Waals surface area contributed by atoms with Gasteiger partial charge < -0.3 is 19.4 Å². The van der Waals surface area contributed by atoms with E-state index in [0.29, 0.717) is 6.42 Å². The molecule has 2 aromatic carbocycles. The molecule has 0 spiro atoms. The third kappa shape index (κ3) is 7.47. The molecule has 3 fully saturated rings. The number of piperidine rings is 3. The van der Waals surface area contributed by atoms with Gasteiger partial charge in [0.15, 0.2) is 0 Å². The van der Waals surface area contributed by atoms with Crippen molar-refractivity contribution in [2.75, 3.05) is 45.8 Å². The Morgan fingerprint density at radius 3 is 2.42 bits per heavy atom. The molecule has 5 nitrogen and oxygen atoms in total. The minimum absolute atomic E-state index is 0.0218. The van der Waals surface area contributed by atoms with Crippen LogP contribution in [0.3, 0.4) is 0 Å². The van der Waals surface area contributed by atoms with E-state index in [4.69, 9.17) is 4.74 Å². The summed E-state index contributed by atoms with van der Waals surface area (Å²) in [6.45, 7) is 14.1. The van der Waals surface area contributed by atoms with Gasteiger partial charge in [0, 0.05) is 24.5 Å². The molecular weight excluding hydrogens is 494 g/mol. The van der Waals surface area contributed by atoms with Crippen LogP contribution in [-0.2, 0) is 16.6 Å². The van der Waals surface area contributed by atoms with Crippen molar-refractivity contribution >= 4 is 5.91 Å². The number of carbonyl (C=O) groups is 1. The quantitative estimate of drug-likeness (QED) is 0.375. The summed E-state index contributed by atoms with van der Waals surface area (Å²) in [5.41, 5.74) is 3.76. The summed E-state index contributed by atoms with van der Waals surface area (Å²) < 4.78 is 5.88. The highest BCUT2D eigenvalue weighted by Crippen LogP contribution is 2.38. The van der Waals surface area contributed by atoms with E-state index in [-0.39, 0.29) is 17.4 Å². The molecule has 3 heterocycles. The number of aryl methyl sites for hydroxylation is 1. The SMILES string of the molecule is Cc1ccc([C@@]2(CCN3CCC(N4CCCCC4)CC3)CCCN(C(=O)Cc3cccc(OC(C)C)c3)C2)cc1. The highest BCUT2D eigenvalue weighted by atomic mass is 16.5. The fourth-order valence-corrected chi connectivity index (χ4v) is 7.29. The van der Waals surface area contributed by atoms with Gasteiger partial charge in [-0.15, -0.1) is 0 Å². The van der Waals surface area contributed by atoms with E-state index in [9.17, 15) is 4.79 Å². The van der Waals surface area contributed by atoms with Crippen LogP contribution in [0, 0.1) is 6.92 Å². The fourth-order valence-electron chi connectivity index (χ4n) is 7.29. The molecule has 0 saturated carbocycles. The molecule has 1 atom stereocenters. The number of likely N-dealkylation sites (tertiary alicyclic amines) is 3. The van der Waals surface area contributed by atoms with E-state index >= 15 is 0 Å². The lowest BCUT2D eigenvalue weighted by atomic mass is 9.71. The van der Waals surface area contributed by atoms with Crippen molar-refractivity contribution in [1.82, 2.24) is 14.7 Å². The average Bonchev–Trinajstić information content (AvgIpc) is 2.97. The standard InChI is InChI=1S/C35H51N3O2/c1-28(2)40-33-10-7-9-30(25-33)26-34(39)38-21-8-17-35(27-38,31-13-11-29(3)12-14-31)18-24-36-22-15-32(16-23-36)37-19-5-4-6-20-37/h7,9-14,25,28,32H,4-6,8,15-24,26-27H2,1-3H3/t35-/m1/s1. The van der Waals surface area contributed by atoms with Crippen molar-refractivity contribution in [3.05, 3.63) is 65.2 Å². The number of hydrogen-bond acceptors (Lipinski definition) is 4. The lowest BCUT2D eigenvalue weighted by Crippen LogP contribution is -2.51. The summed E-state index contributed by atoms with van der Waals surface area (Å²) in [5.74, 6) is 1.08. The van der Waals surface area contributed by atoms with Crippen LogP contribution >= 0.6 is 0 Å². The lowest BCUT2D eigenvalue weighted by Gasteiger charge is -2.45. The van der Waals surface area contributed by atoms with Crippen LogP contribution in [-0.4, -0.2) is 78.6 Å². The van der Waals surface area contributed by atoms with E-state index < -0.39 is 0 Å².